The molecule has 0 rings (SSSR count). The SMILES string of the molecule is C=CCCOC(CC)C(=O)OCC. The van der Waals surface area contributed by atoms with E-state index in [1.54, 1.807) is 13.0 Å². The van der Waals surface area contributed by atoms with E-state index in [9.17, 15) is 4.79 Å². The highest BCUT2D eigenvalue weighted by Crippen LogP contribution is 2.01. The van der Waals surface area contributed by atoms with E-state index in [2.05, 4.69) is 6.58 Å². The van der Waals surface area contributed by atoms with Gasteiger partial charge in [0.1, 0.15) is 0 Å². The Labute approximate surface area is 79.7 Å². The fraction of sp³-hybridized carbons (Fsp3) is 0.700. The third-order valence-electron chi connectivity index (χ3n) is 1.56. The quantitative estimate of drug-likeness (QED) is 0.346. The zero-order valence-corrected chi connectivity index (χ0v) is 8.41. The highest BCUT2D eigenvalue weighted by molar-refractivity contribution is 5.74. The van der Waals surface area contributed by atoms with E-state index >= 15 is 0 Å². The van der Waals surface area contributed by atoms with Crippen molar-refractivity contribution in [2.24, 2.45) is 0 Å². The molecule has 3 nitrogen and oxygen atoms in total. The normalized spacial score (nSPS) is 12.2. The van der Waals surface area contributed by atoms with Gasteiger partial charge < -0.3 is 9.47 Å². The van der Waals surface area contributed by atoms with Gasteiger partial charge in [0, 0.05) is 0 Å². The van der Waals surface area contributed by atoms with Crippen LogP contribution in [0, 0.1) is 0 Å². The molecule has 0 heterocycles. The molecule has 0 fully saturated rings. The second kappa shape index (κ2) is 7.80. The summed E-state index contributed by atoms with van der Waals surface area (Å²) in [4.78, 5) is 11.2. The van der Waals surface area contributed by atoms with Crippen LogP contribution in [0.25, 0.3) is 0 Å². The van der Waals surface area contributed by atoms with Crippen molar-refractivity contribution in [1.29, 1.82) is 0 Å². The molecule has 0 aliphatic rings. The summed E-state index contributed by atoms with van der Waals surface area (Å²) in [5.74, 6) is -0.269. The minimum atomic E-state index is -0.417. The van der Waals surface area contributed by atoms with Crippen molar-refractivity contribution in [2.75, 3.05) is 13.2 Å². The molecule has 0 N–H and O–H groups in total. The number of carbonyl (C=O) groups is 1. The van der Waals surface area contributed by atoms with Crippen molar-refractivity contribution in [1.82, 2.24) is 0 Å². The molecule has 13 heavy (non-hydrogen) atoms. The predicted molar refractivity (Wildman–Crippen MR) is 51.5 cm³/mol. The van der Waals surface area contributed by atoms with Gasteiger partial charge in [-0.25, -0.2) is 4.79 Å². The average Bonchev–Trinajstić information content (AvgIpc) is 2.13. The van der Waals surface area contributed by atoms with E-state index in [0.29, 0.717) is 19.6 Å². The summed E-state index contributed by atoms with van der Waals surface area (Å²) >= 11 is 0. The van der Waals surface area contributed by atoms with Gasteiger partial charge in [-0.1, -0.05) is 13.0 Å². The van der Waals surface area contributed by atoms with Crippen LogP contribution in [0.2, 0.25) is 0 Å². The Kier molecular flexibility index (Phi) is 7.30. The molecular weight excluding hydrogens is 168 g/mol. The Morgan fingerprint density at radius 3 is 2.69 bits per heavy atom. The second-order valence-corrected chi connectivity index (χ2v) is 2.60. The first-order valence-corrected chi connectivity index (χ1v) is 4.65. The molecule has 0 aromatic rings. The van der Waals surface area contributed by atoms with E-state index in [-0.39, 0.29) is 5.97 Å². The molecule has 0 bridgehead atoms. The highest BCUT2D eigenvalue weighted by atomic mass is 16.6. The average molecular weight is 186 g/mol. The molecule has 0 aromatic carbocycles. The number of rotatable bonds is 7. The second-order valence-electron chi connectivity index (χ2n) is 2.60. The van der Waals surface area contributed by atoms with Crippen LogP contribution >= 0.6 is 0 Å². The Morgan fingerprint density at radius 1 is 1.54 bits per heavy atom. The molecule has 0 aliphatic carbocycles. The van der Waals surface area contributed by atoms with E-state index in [0.717, 1.165) is 6.42 Å². The van der Waals surface area contributed by atoms with Crippen molar-refractivity contribution in [3.8, 4) is 0 Å². The lowest BCUT2D eigenvalue weighted by atomic mass is 10.3. The fourth-order valence-corrected chi connectivity index (χ4v) is 0.881. The van der Waals surface area contributed by atoms with Crippen LogP contribution in [0.5, 0.6) is 0 Å². The van der Waals surface area contributed by atoms with Crippen LogP contribution in [0.4, 0.5) is 0 Å². The van der Waals surface area contributed by atoms with Crippen LogP contribution in [0.3, 0.4) is 0 Å². The lowest BCUT2D eigenvalue weighted by molar-refractivity contribution is -0.156. The minimum Gasteiger partial charge on any atom is -0.464 e. The summed E-state index contributed by atoms with van der Waals surface area (Å²) in [6.45, 7) is 8.18. The molecule has 0 spiro atoms. The van der Waals surface area contributed by atoms with Crippen LogP contribution in [0.15, 0.2) is 12.7 Å². The Hall–Kier alpha value is -0.830. The van der Waals surface area contributed by atoms with Crippen LogP contribution < -0.4 is 0 Å². The molecule has 1 unspecified atom stereocenters. The molecule has 0 aliphatic heterocycles. The van der Waals surface area contributed by atoms with E-state index in [1.165, 1.54) is 0 Å². The number of carbonyl (C=O) groups excluding carboxylic acids is 1. The third-order valence-corrected chi connectivity index (χ3v) is 1.56. The lowest BCUT2D eigenvalue weighted by Gasteiger charge is -2.13. The van der Waals surface area contributed by atoms with E-state index in [4.69, 9.17) is 9.47 Å². The zero-order chi connectivity index (χ0) is 10.1. The summed E-state index contributed by atoms with van der Waals surface area (Å²) in [7, 11) is 0. The summed E-state index contributed by atoms with van der Waals surface area (Å²) < 4.78 is 10.1. The maximum Gasteiger partial charge on any atom is 0.335 e. The first-order chi connectivity index (χ1) is 6.26. The summed E-state index contributed by atoms with van der Waals surface area (Å²) in [6.07, 6.45) is 2.75. The minimum absolute atomic E-state index is 0.269. The van der Waals surface area contributed by atoms with E-state index in [1.807, 2.05) is 6.92 Å². The van der Waals surface area contributed by atoms with Gasteiger partial charge in [-0.3, -0.25) is 0 Å². The van der Waals surface area contributed by atoms with Crippen molar-refractivity contribution in [3.63, 3.8) is 0 Å². The van der Waals surface area contributed by atoms with Gasteiger partial charge in [-0.2, -0.15) is 0 Å². The van der Waals surface area contributed by atoms with Crippen molar-refractivity contribution in [2.45, 2.75) is 32.8 Å². The Balaban J connectivity index is 3.73. The molecule has 0 aromatic heterocycles. The zero-order valence-electron chi connectivity index (χ0n) is 8.41. The van der Waals surface area contributed by atoms with Crippen molar-refractivity contribution in [3.05, 3.63) is 12.7 Å². The Bertz CT molecular complexity index is 154. The molecular formula is C10H18O3. The summed E-state index contributed by atoms with van der Waals surface area (Å²) in [6, 6.07) is 0. The number of hydrogen-bond donors (Lipinski definition) is 0. The summed E-state index contributed by atoms with van der Waals surface area (Å²) in [5, 5.41) is 0. The monoisotopic (exact) mass is 186 g/mol. The Morgan fingerprint density at radius 2 is 2.23 bits per heavy atom. The van der Waals surface area contributed by atoms with Gasteiger partial charge in [-0.05, 0) is 19.8 Å². The molecule has 1 atom stereocenters. The number of ether oxygens (including phenoxy) is 2. The number of hydrogen-bond acceptors (Lipinski definition) is 3. The molecule has 0 saturated heterocycles. The molecule has 0 saturated carbocycles. The molecule has 0 amide bonds. The van der Waals surface area contributed by atoms with Gasteiger partial charge in [0.2, 0.25) is 0 Å². The van der Waals surface area contributed by atoms with Crippen LogP contribution in [-0.2, 0) is 14.3 Å². The standard InChI is InChI=1S/C10H18O3/c1-4-7-8-13-9(5-2)10(11)12-6-3/h4,9H,1,5-8H2,2-3H3. The fourth-order valence-electron chi connectivity index (χ4n) is 0.881. The van der Waals surface area contributed by atoms with Gasteiger partial charge in [0.15, 0.2) is 6.10 Å². The molecule has 76 valence electrons. The van der Waals surface area contributed by atoms with Crippen LogP contribution in [-0.4, -0.2) is 25.3 Å². The van der Waals surface area contributed by atoms with E-state index < -0.39 is 6.10 Å². The lowest BCUT2D eigenvalue weighted by Crippen LogP contribution is -2.26. The topological polar surface area (TPSA) is 35.5 Å². The molecule has 0 radical (unpaired) electrons. The molecule has 3 heteroatoms. The smallest absolute Gasteiger partial charge is 0.335 e. The maximum atomic E-state index is 11.2. The van der Waals surface area contributed by atoms with Gasteiger partial charge >= 0.3 is 5.97 Å². The largest absolute Gasteiger partial charge is 0.464 e. The summed E-state index contributed by atoms with van der Waals surface area (Å²) in [5.41, 5.74) is 0. The highest BCUT2D eigenvalue weighted by Gasteiger charge is 2.17. The predicted octanol–water partition coefficient (Wildman–Crippen LogP) is 1.92. The van der Waals surface area contributed by atoms with Crippen LogP contribution in [0.1, 0.15) is 26.7 Å². The number of esters is 1. The van der Waals surface area contributed by atoms with Crippen molar-refractivity contribution >= 4 is 5.97 Å². The van der Waals surface area contributed by atoms with Gasteiger partial charge in [-0.15, -0.1) is 6.58 Å². The van der Waals surface area contributed by atoms with Gasteiger partial charge in [0.05, 0.1) is 13.2 Å². The maximum absolute atomic E-state index is 11.2. The van der Waals surface area contributed by atoms with Crippen molar-refractivity contribution < 1.29 is 14.3 Å². The third kappa shape index (κ3) is 5.42. The first-order valence-electron chi connectivity index (χ1n) is 4.65. The first kappa shape index (κ1) is 12.2. The van der Waals surface area contributed by atoms with Gasteiger partial charge in [0.25, 0.3) is 0 Å².